The number of pyridine rings is 1. The second kappa shape index (κ2) is 6.80. The molecule has 1 aliphatic heterocycles. The average molecular weight is 350 g/mol. The van der Waals surface area contributed by atoms with Gasteiger partial charge in [0.05, 0.1) is 19.3 Å². The number of methoxy groups -OCH3 is 1. The van der Waals surface area contributed by atoms with Crippen molar-refractivity contribution in [3.63, 3.8) is 0 Å². The van der Waals surface area contributed by atoms with Gasteiger partial charge < -0.3 is 9.64 Å². The number of fused-ring (bicyclic) bond motifs is 3. The van der Waals surface area contributed by atoms with Crippen molar-refractivity contribution in [1.82, 2.24) is 9.88 Å². The van der Waals surface area contributed by atoms with Crippen molar-refractivity contribution in [3.8, 4) is 11.8 Å². The molecule has 0 unspecified atom stereocenters. The zero-order chi connectivity index (χ0) is 18.1. The lowest BCUT2D eigenvalue weighted by Crippen LogP contribution is -2.44. The van der Waals surface area contributed by atoms with Crippen LogP contribution < -0.4 is 0 Å². The normalized spacial score (nSPS) is 20.6. The van der Waals surface area contributed by atoms with Crippen LogP contribution in [-0.2, 0) is 11.3 Å². The minimum Gasteiger partial charge on any atom is -0.453 e. The van der Waals surface area contributed by atoms with E-state index in [1.54, 1.807) is 18.3 Å². The molecule has 4 rings (SSSR count). The molecule has 1 fully saturated rings. The van der Waals surface area contributed by atoms with Crippen LogP contribution in [-0.4, -0.2) is 29.1 Å². The maximum Gasteiger partial charge on any atom is 0.410 e. The third-order valence-corrected chi connectivity index (χ3v) is 5.16. The van der Waals surface area contributed by atoms with E-state index >= 15 is 0 Å². The highest BCUT2D eigenvalue weighted by Crippen LogP contribution is 2.42. The predicted octanol–water partition coefficient (Wildman–Crippen LogP) is 3.84. The standard InChI is InChI=1S/C21H19FN2O2/c1-26-21(25)24-13-16-10-15(9-8-14-4-2-5-17(22)11-14)12-23-20(16)18-6-3-7-19(18)24/h2,4-5,10-12,18-19H,3,6-7,13H2,1H3/t18-,19+/m0/s1. The van der Waals surface area contributed by atoms with Gasteiger partial charge in [-0.05, 0) is 42.7 Å². The molecular formula is C21H19FN2O2. The summed E-state index contributed by atoms with van der Waals surface area (Å²) in [6.07, 6.45) is 4.59. The first-order chi connectivity index (χ1) is 12.7. The number of halogens is 1. The Bertz CT molecular complexity index is 916. The van der Waals surface area contributed by atoms with Gasteiger partial charge in [-0.25, -0.2) is 9.18 Å². The van der Waals surface area contributed by atoms with E-state index in [0.29, 0.717) is 12.1 Å². The van der Waals surface area contributed by atoms with Crippen molar-refractivity contribution in [2.24, 2.45) is 0 Å². The molecule has 4 nitrogen and oxygen atoms in total. The summed E-state index contributed by atoms with van der Waals surface area (Å²) in [6.45, 7) is 0.492. The minimum atomic E-state index is -0.304. The number of aromatic nitrogens is 1. The summed E-state index contributed by atoms with van der Waals surface area (Å²) < 4.78 is 18.2. The fraction of sp³-hybridized carbons (Fsp3) is 0.333. The summed E-state index contributed by atoms with van der Waals surface area (Å²) in [5, 5.41) is 0. The molecule has 26 heavy (non-hydrogen) atoms. The fourth-order valence-electron chi connectivity index (χ4n) is 4.01. The van der Waals surface area contributed by atoms with E-state index in [1.807, 2.05) is 11.0 Å². The third-order valence-electron chi connectivity index (χ3n) is 5.16. The van der Waals surface area contributed by atoms with Gasteiger partial charge in [0.15, 0.2) is 0 Å². The number of ether oxygens (including phenoxy) is 1. The molecule has 2 atom stereocenters. The van der Waals surface area contributed by atoms with Gasteiger partial charge in [-0.3, -0.25) is 4.98 Å². The Morgan fingerprint density at radius 1 is 1.27 bits per heavy atom. The largest absolute Gasteiger partial charge is 0.453 e. The van der Waals surface area contributed by atoms with Crippen molar-refractivity contribution < 1.29 is 13.9 Å². The summed E-state index contributed by atoms with van der Waals surface area (Å²) in [5.74, 6) is 5.97. The van der Waals surface area contributed by atoms with Gasteiger partial charge in [0.2, 0.25) is 0 Å². The first-order valence-corrected chi connectivity index (χ1v) is 8.76. The van der Waals surface area contributed by atoms with E-state index in [0.717, 1.165) is 36.1 Å². The van der Waals surface area contributed by atoms with Gasteiger partial charge in [0, 0.05) is 29.3 Å². The van der Waals surface area contributed by atoms with Crippen LogP contribution in [0.5, 0.6) is 0 Å². The van der Waals surface area contributed by atoms with Gasteiger partial charge in [0.1, 0.15) is 5.82 Å². The number of hydrogen-bond acceptors (Lipinski definition) is 3. The Morgan fingerprint density at radius 2 is 2.12 bits per heavy atom. The van der Waals surface area contributed by atoms with Crippen LogP contribution >= 0.6 is 0 Å². The predicted molar refractivity (Wildman–Crippen MR) is 94.9 cm³/mol. The summed E-state index contributed by atoms with van der Waals surface area (Å²) in [6, 6.07) is 8.36. The second-order valence-electron chi connectivity index (χ2n) is 6.73. The lowest BCUT2D eigenvalue weighted by atomic mass is 9.89. The van der Waals surface area contributed by atoms with Crippen LogP contribution in [0.4, 0.5) is 9.18 Å². The van der Waals surface area contributed by atoms with Crippen molar-refractivity contribution in [2.75, 3.05) is 7.11 Å². The molecule has 132 valence electrons. The molecular weight excluding hydrogens is 331 g/mol. The van der Waals surface area contributed by atoms with E-state index in [-0.39, 0.29) is 23.9 Å². The van der Waals surface area contributed by atoms with Gasteiger partial charge in [0.25, 0.3) is 0 Å². The minimum absolute atomic E-state index is 0.173. The van der Waals surface area contributed by atoms with Crippen LogP contribution in [0, 0.1) is 17.7 Å². The SMILES string of the molecule is COC(=O)N1Cc2cc(C#Cc3cccc(F)c3)cnc2[C@H]2CCC[C@H]21. The fourth-order valence-corrected chi connectivity index (χ4v) is 4.01. The van der Waals surface area contributed by atoms with Gasteiger partial charge >= 0.3 is 6.09 Å². The third kappa shape index (κ3) is 3.03. The van der Waals surface area contributed by atoms with Crippen molar-refractivity contribution >= 4 is 6.09 Å². The number of carbonyl (C=O) groups excluding carboxylic acids is 1. The van der Waals surface area contributed by atoms with E-state index in [2.05, 4.69) is 16.8 Å². The zero-order valence-electron chi connectivity index (χ0n) is 14.5. The second-order valence-corrected chi connectivity index (χ2v) is 6.73. The monoisotopic (exact) mass is 350 g/mol. The molecule has 0 saturated heterocycles. The number of amides is 1. The van der Waals surface area contributed by atoms with Gasteiger partial charge in [-0.15, -0.1) is 0 Å². The molecule has 2 aromatic rings. The zero-order valence-corrected chi connectivity index (χ0v) is 14.5. The molecule has 0 spiro atoms. The first-order valence-electron chi connectivity index (χ1n) is 8.76. The highest BCUT2D eigenvalue weighted by atomic mass is 19.1. The van der Waals surface area contributed by atoms with Crippen LogP contribution in [0.25, 0.3) is 0 Å². The Kier molecular flexibility index (Phi) is 4.34. The smallest absolute Gasteiger partial charge is 0.410 e. The summed E-state index contributed by atoms with van der Waals surface area (Å²) in [7, 11) is 1.42. The topological polar surface area (TPSA) is 42.4 Å². The van der Waals surface area contributed by atoms with Crippen molar-refractivity contribution in [3.05, 3.63) is 64.7 Å². The van der Waals surface area contributed by atoms with Crippen molar-refractivity contribution in [1.29, 1.82) is 0 Å². The van der Waals surface area contributed by atoms with E-state index in [4.69, 9.17) is 4.74 Å². The summed E-state index contributed by atoms with van der Waals surface area (Å²) >= 11 is 0. The first kappa shape index (κ1) is 16.6. The number of rotatable bonds is 0. The van der Waals surface area contributed by atoms with Crippen LogP contribution in [0.3, 0.4) is 0 Å². The number of nitrogens with zero attached hydrogens (tertiary/aromatic N) is 2. The van der Waals surface area contributed by atoms with E-state index < -0.39 is 0 Å². The molecule has 1 aromatic carbocycles. The Balaban J connectivity index is 1.66. The lowest BCUT2D eigenvalue weighted by Gasteiger charge is -2.37. The van der Waals surface area contributed by atoms with Crippen LogP contribution in [0.2, 0.25) is 0 Å². The Hall–Kier alpha value is -2.87. The maximum atomic E-state index is 13.3. The molecule has 1 saturated carbocycles. The molecule has 5 heteroatoms. The van der Waals surface area contributed by atoms with Crippen LogP contribution in [0.1, 0.15) is 47.6 Å². The molecule has 1 aromatic heterocycles. The Morgan fingerprint density at radius 3 is 2.92 bits per heavy atom. The molecule has 0 N–H and O–H groups in total. The van der Waals surface area contributed by atoms with E-state index in [1.165, 1.54) is 19.2 Å². The van der Waals surface area contributed by atoms with Crippen LogP contribution in [0.15, 0.2) is 36.5 Å². The highest BCUT2D eigenvalue weighted by molar-refractivity contribution is 5.69. The molecule has 1 amide bonds. The molecule has 0 radical (unpaired) electrons. The number of benzene rings is 1. The number of hydrogen-bond donors (Lipinski definition) is 0. The van der Waals surface area contributed by atoms with E-state index in [9.17, 15) is 9.18 Å². The number of carbonyl (C=O) groups is 1. The maximum absolute atomic E-state index is 13.3. The molecule has 2 heterocycles. The molecule has 0 bridgehead atoms. The lowest BCUT2D eigenvalue weighted by molar-refractivity contribution is 0.0920. The van der Waals surface area contributed by atoms with Gasteiger partial charge in [-0.1, -0.05) is 24.3 Å². The quantitative estimate of drug-likeness (QED) is 0.678. The summed E-state index contributed by atoms with van der Waals surface area (Å²) in [4.78, 5) is 18.6. The summed E-state index contributed by atoms with van der Waals surface area (Å²) in [5.41, 5.74) is 3.47. The van der Waals surface area contributed by atoms with Crippen molar-refractivity contribution in [2.45, 2.75) is 37.8 Å². The highest BCUT2D eigenvalue weighted by Gasteiger charge is 2.41. The average Bonchev–Trinajstić information content (AvgIpc) is 3.15. The molecule has 2 aliphatic rings. The van der Waals surface area contributed by atoms with Gasteiger partial charge in [-0.2, -0.15) is 0 Å². The Labute approximate surface area is 152 Å². The molecule has 1 aliphatic carbocycles.